The van der Waals surface area contributed by atoms with Crippen molar-refractivity contribution in [2.24, 2.45) is 0 Å². The van der Waals surface area contributed by atoms with E-state index in [1.54, 1.807) is 20.1 Å². The first-order valence-electron chi connectivity index (χ1n) is 6.44. The predicted octanol–water partition coefficient (Wildman–Crippen LogP) is 3.67. The van der Waals surface area contributed by atoms with Gasteiger partial charge in [-0.05, 0) is 43.5 Å². The van der Waals surface area contributed by atoms with Crippen LogP contribution in [0.25, 0.3) is 0 Å². The summed E-state index contributed by atoms with van der Waals surface area (Å²) in [7, 11) is 1.58. The molecule has 0 saturated heterocycles. The SMILES string of the molecule is COC1(C(=O)c2cc(C)cc(F)c2)CCCCC1. The van der Waals surface area contributed by atoms with Crippen LogP contribution in [-0.4, -0.2) is 18.5 Å². The van der Waals surface area contributed by atoms with Gasteiger partial charge in [-0.15, -0.1) is 0 Å². The summed E-state index contributed by atoms with van der Waals surface area (Å²) in [6.07, 6.45) is 4.60. The van der Waals surface area contributed by atoms with E-state index in [-0.39, 0.29) is 11.6 Å². The summed E-state index contributed by atoms with van der Waals surface area (Å²) >= 11 is 0. The summed E-state index contributed by atoms with van der Waals surface area (Å²) < 4.78 is 18.9. The van der Waals surface area contributed by atoms with Crippen LogP contribution >= 0.6 is 0 Å². The normalized spacial score (nSPS) is 18.6. The van der Waals surface area contributed by atoms with Crippen LogP contribution in [0.15, 0.2) is 18.2 Å². The second kappa shape index (κ2) is 5.19. The van der Waals surface area contributed by atoms with Crippen molar-refractivity contribution in [2.75, 3.05) is 7.11 Å². The molecule has 0 heterocycles. The predicted molar refractivity (Wildman–Crippen MR) is 68.3 cm³/mol. The number of hydrogen-bond donors (Lipinski definition) is 0. The molecule has 3 heteroatoms. The minimum absolute atomic E-state index is 0.0766. The van der Waals surface area contributed by atoms with Crippen molar-refractivity contribution < 1.29 is 13.9 Å². The Balaban J connectivity index is 2.33. The molecule has 0 N–H and O–H groups in total. The van der Waals surface area contributed by atoms with Gasteiger partial charge in [0.25, 0.3) is 0 Å². The maximum atomic E-state index is 13.4. The molecule has 2 nitrogen and oxygen atoms in total. The van der Waals surface area contributed by atoms with Gasteiger partial charge >= 0.3 is 0 Å². The van der Waals surface area contributed by atoms with E-state index >= 15 is 0 Å². The largest absolute Gasteiger partial charge is 0.370 e. The molecule has 0 atom stereocenters. The van der Waals surface area contributed by atoms with Crippen LogP contribution in [0.4, 0.5) is 4.39 Å². The molecule has 1 fully saturated rings. The molecular formula is C15H19FO2. The molecular weight excluding hydrogens is 231 g/mol. The number of Topliss-reactive ketones (excluding diaryl/α,β-unsaturated/α-hetero) is 1. The molecule has 0 spiro atoms. The van der Waals surface area contributed by atoms with Gasteiger partial charge < -0.3 is 4.74 Å². The van der Waals surface area contributed by atoms with E-state index in [0.29, 0.717) is 5.56 Å². The second-order valence-corrected chi connectivity index (χ2v) is 5.11. The number of aryl methyl sites for hydroxylation is 1. The van der Waals surface area contributed by atoms with Gasteiger partial charge in [0.1, 0.15) is 11.4 Å². The van der Waals surface area contributed by atoms with Gasteiger partial charge in [-0.1, -0.05) is 19.3 Å². The van der Waals surface area contributed by atoms with Crippen LogP contribution in [-0.2, 0) is 4.74 Å². The van der Waals surface area contributed by atoms with Crippen molar-refractivity contribution in [3.8, 4) is 0 Å². The zero-order valence-electron chi connectivity index (χ0n) is 11.0. The summed E-state index contributed by atoms with van der Waals surface area (Å²) in [6, 6.07) is 4.47. The van der Waals surface area contributed by atoms with Crippen LogP contribution in [0.1, 0.15) is 48.0 Å². The molecule has 18 heavy (non-hydrogen) atoms. The molecule has 0 bridgehead atoms. The molecule has 1 aliphatic rings. The zero-order valence-corrected chi connectivity index (χ0v) is 11.0. The second-order valence-electron chi connectivity index (χ2n) is 5.11. The van der Waals surface area contributed by atoms with Crippen LogP contribution in [0, 0.1) is 12.7 Å². The Kier molecular flexibility index (Phi) is 3.81. The highest BCUT2D eigenvalue weighted by atomic mass is 19.1. The highest BCUT2D eigenvalue weighted by Gasteiger charge is 2.40. The monoisotopic (exact) mass is 250 g/mol. The van der Waals surface area contributed by atoms with E-state index in [2.05, 4.69) is 0 Å². The van der Waals surface area contributed by atoms with Gasteiger partial charge in [-0.25, -0.2) is 4.39 Å². The lowest BCUT2D eigenvalue weighted by molar-refractivity contribution is -0.0194. The summed E-state index contributed by atoms with van der Waals surface area (Å²) in [4.78, 5) is 12.6. The average molecular weight is 250 g/mol. The number of rotatable bonds is 3. The topological polar surface area (TPSA) is 26.3 Å². The molecule has 1 saturated carbocycles. The number of methoxy groups -OCH3 is 1. The van der Waals surface area contributed by atoms with Crippen molar-refractivity contribution >= 4 is 5.78 Å². The molecule has 98 valence electrons. The Morgan fingerprint density at radius 1 is 1.22 bits per heavy atom. The van der Waals surface area contributed by atoms with Crippen molar-refractivity contribution in [1.29, 1.82) is 0 Å². The first-order chi connectivity index (χ1) is 8.57. The summed E-state index contributed by atoms with van der Waals surface area (Å²) in [5.41, 5.74) is 0.454. The number of halogens is 1. The van der Waals surface area contributed by atoms with Crippen molar-refractivity contribution in [1.82, 2.24) is 0 Å². The number of hydrogen-bond acceptors (Lipinski definition) is 2. The zero-order chi connectivity index (χ0) is 13.2. The Morgan fingerprint density at radius 3 is 2.44 bits per heavy atom. The number of benzene rings is 1. The lowest BCUT2D eigenvalue weighted by Gasteiger charge is -2.34. The van der Waals surface area contributed by atoms with Crippen LogP contribution < -0.4 is 0 Å². The highest BCUT2D eigenvalue weighted by Crippen LogP contribution is 2.34. The molecule has 0 aliphatic heterocycles. The summed E-state index contributed by atoms with van der Waals surface area (Å²) in [5.74, 6) is -0.437. The lowest BCUT2D eigenvalue weighted by atomic mass is 9.79. The minimum atomic E-state index is -0.738. The third-order valence-electron chi connectivity index (χ3n) is 3.77. The summed E-state index contributed by atoms with van der Waals surface area (Å²) in [6.45, 7) is 1.79. The molecule has 2 rings (SSSR count). The Morgan fingerprint density at radius 2 is 1.89 bits per heavy atom. The summed E-state index contributed by atoms with van der Waals surface area (Å²) in [5, 5.41) is 0. The smallest absolute Gasteiger partial charge is 0.194 e. The molecule has 0 unspecified atom stereocenters. The first kappa shape index (κ1) is 13.2. The Hall–Kier alpha value is -1.22. The van der Waals surface area contributed by atoms with Gasteiger partial charge in [-0.3, -0.25) is 4.79 Å². The maximum absolute atomic E-state index is 13.4. The Labute approximate surface area is 107 Å². The number of carbonyl (C=O) groups excluding carboxylic acids is 1. The maximum Gasteiger partial charge on any atom is 0.194 e. The van der Waals surface area contributed by atoms with Gasteiger partial charge in [0, 0.05) is 12.7 Å². The third-order valence-corrected chi connectivity index (χ3v) is 3.77. The van der Waals surface area contributed by atoms with Crippen molar-refractivity contribution in [3.63, 3.8) is 0 Å². The lowest BCUT2D eigenvalue weighted by Crippen LogP contribution is -2.42. The first-order valence-corrected chi connectivity index (χ1v) is 6.44. The Bertz CT molecular complexity index is 428. The van der Waals surface area contributed by atoms with E-state index in [1.807, 2.05) is 0 Å². The van der Waals surface area contributed by atoms with Crippen LogP contribution in [0.5, 0.6) is 0 Å². The van der Waals surface area contributed by atoms with Crippen molar-refractivity contribution in [3.05, 3.63) is 35.1 Å². The van der Waals surface area contributed by atoms with E-state index in [0.717, 1.165) is 37.7 Å². The molecule has 0 aromatic heterocycles. The third kappa shape index (κ3) is 2.46. The van der Waals surface area contributed by atoms with E-state index in [9.17, 15) is 9.18 Å². The standard InChI is InChI=1S/C15H19FO2/c1-11-8-12(10-13(16)9-11)14(17)15(18-2)6-4-3-5-7-15/h8-10H,3-7H2,1-2H3. The van der Waals surface area contributed by atoms with E-state index < -0.39 is 5.60 Å². The number of ketones is 1. The molecule has 1 aliphatic carbocycles. The fourth-order valence-corrected chi connectivity index (χ4v) is 2.78. The number of ether oxygens (including phenoxy) is 1. The average Bonchev–Trinajstić information content (AvgIpc) is 2.37. The minimum Gasteiger partial charge on any atom is -0.370 e. The fraction of sp³-hybridized carbons (Fsp3) is 0.533. The molecule has 0 radical (unpaired) electrons. The quantitative estimate of drug-likeness (QED) is 0.765. The molecule has 0 amide bonds. The van der Waals surface area contributed by atoms with Gasteiger partial charge in [0.2, 0.25) is 0 Å². The van der Waals surface area contributed by atoms with Crippen molar-refractivity contribution in [2.45, 2.75) is 44.6 Å². The van der Waals surface area contributed by atoms with E-state index in [4.69, 9.17) is 4.74 Å². The molecule has 1 aromatic carbocycles. The van der Waals surface area contributed by atoms with Gasteiger partial charge in [-0.2, -0.15) is 0 Å². The van der Waals surface area contributed by atoms with Gasteiger partial charge in [0.15, 0.2) is 5.78 Å². The molecule has 1 aromatic rings. The van der Waals surface area contributed by atoms with Crippen LogP contribution in [0.3, 0.4) is 0 Å². The number of carbonyl (C=O) groups is 1. The highest BCUT2D eigenvalue weighted by molar-refractivity contribution is 6.02. The van der Waals surface area contributed by atoms with E-state index in [1.165, 1.54) is 12.1 Å². The van der Waals surface area contributed by atoms with Crippen LogP contribution in [0.2, 0.25) is 0 Å². The fourth-order valence-electron chi connectivity index (χ4n) is 2.78. The van der Waals surface area contributed by atoms with Gasteiger partial charge in [0.05, 0.1) is 0 Å².